The Labute approximate surface area is 122 Å². The molecule has 11 heteroatoms. The molecule has 20 heavy (non-hydrogen) atoms. The van der Waals surface area contributed by atoms with Gasteiger partial charge in [0.25, 0.3) is 10.0 Å². The van der Waals surface area contributed by atoms with E-state index in [0.29, 0.717) is 26.3 Å². The molecule has 0 aromatic carbocycles. The lowest BCUT2D eigenvalue weighted by atomic mass is 10.5. The van der Waals surface area contributed by atoms with E-state index >= 15 is 0 Å². The first-order valence-corrected chi connectivity index (χ1v) is 9.82. The van der Waals surface area contributed by atoms with Gasteiger partial charge in [0.15, 0.2) is 4.90 Å². The van der Waals surface area contributed by atoms with E-state index in [4.69, 9.17) is 9.47 Å². The highest BCUT2D eigenvalue weighted by atomic mass is 32.3. The highest BCUT2D eigenvalue weighted by molar-refractivity contribution is 8.01. The van der Waals surface area contributed by atoms with Crippen LogP contribution in [0.1, 0.15) is 0 Å². The highest BCUT2D eigenvalue weighted by Gasteiger charge is 2.26. The second-order valence-electron chi connectivity index (χ2n) is 4.04. The van der Waals surface area contributed by atoms with Gasteiger partial charge in [-0.1, -0.05) is 3.77 Å². The van der Waals surface area contributed by atoms with Gasteiger partial charge in [-0.3, -0.25) is 0 Å². The Kier molecular flexibility index (Phi) is 4.64. The summed E-state index contributed by atoms with van der Waals surface area (Å²) >= 11 is 0.939. The van der Waals surface area contributed by atoms with Gasteiger partial charge in [-0.2, -0.15) is 12.8 Å². The van der Waals surface area contributed by atoms with Crippen LogP contribution in [0, 0.1) is 0 Å². The van der Waals surface area contributed by atoms with Crippen LogP contribution in [0.4, 0.5) is 0 Å². The minimum Gasteiger partial charge on any atom is -0.479 e. The molecule has 8 nitrogen and oxygen atoms in total. The van der Waals surface area contributed by atoms with Crippen molar-refractivity contribution in [2.75, 3.05) is 39.7 Å². The summed E-state index contributed by atoms with van der Waals surface area (Å²) in [5, 5.41) is 1.31. The van der Waals surface area contributed by atoms with Crippen molar-refractivity contribution in [2.24, 2.45) is 3.77 Å². The van der Waals surface area contributed by atoms with Crippen molar-refractivity contribution in [3.8, 4) is 5.88 Å². The minimum absolute atomic E-state index is 0.0315. The largest absolute Gasteiger partial charge is 0.479 e. The molecule has 1 atom stereocenters. The maximum Gasteiger partial charge on any atom is 0.297 e. The molecular weight excluding hydrogens is 326 g/mol. The van der Waals surface area contributed by atoms with Crippen LogP contribution in [-0.4, -0.2) is 61.0 Å². The quantitative estimate of drug-likeness (QED) is 0.775. The Balaban J connectivity index is 2.39. The number of aromatic nitrogens is 1. The number of sulfonamides is 1. The van der Waals surface area contributed by atoms with Gasteiger partial charge in [0.2, 0.25) is 5.88 Å². The average molecular weight is 341 g/mol. The minimum atomic E-state index is -4.08. The van der Waals surface area contributed by atoms with E-state index in [1.807, 2.05) is 0 Å². The maximum absolute atomic E-state index is 12.5. The molecular formula is C9H15N3O5S3. The van der Waals surface area contributed by atoms with Crippen molar-refractivity contribution in [1.29, 1.82) is 0 Å². The van der Waals surface area contributed by atoms with Gasteiger partial charge in [-0.05, 0) is 11.5 Å². The molecule has 1 aliphatic rings. The Morgan fingerprint density at radius 1 is 1.40 bits per heavy atom. The van der Waals surface area contributed by atoms with Crippen LogP contribution in [-0.2, 0) is 24.7 Å². The molecule has 1 aromatic heterocycles. The van der Waals surface area contributed by atoms with Crippen LogP contribution >= 0.6 is 11.5 Å². The molecule has 0 N–H and O–H groups in total. The van der Waals surface area contributed by atoms with Crippen LogP contribution < -0.4 is 4.74 Å². The topological polar surface area (TPSA) is 98.2 Å². The predicted octanol–water partition coefficient (Wildman–Crippen LogP) is 0.185. The molecule has 1 fully saturated rings. The van der Waals surface area contributed by atoms with Crippen molar-refractivity contribution in [1.82, 2.24) is 8.68 Å². The summed E-state index contributed by atoms with van der Waals surface area (Å²) in [6.45, 7) is 1.58. The van der Waals surface area contributed by atoms with Crippen LogP contribution in [0.5, 0.6) is 5.88 Å². The van der Waals surface area contributed by atoms with Crippen molar-refractivity contribution >= 4 is 31.5 Å². The number of morpholine rings is 1. The smallest absolute Gasteiger partial charge is 0.297 e. The first-order valence-electron chi connectivity index (χ1n) is 5.66. The fourth-order valence-electron chi connectivity index (χ4n) is 1.68. The number of hydrogen-bond acceptors (Lipinski definition) is 7. The maximum atomic E-state index is 12.5. The molecule has 1 aliphatic heterocycles. The van der Waals surface area contributed by atoms with E-state index in [2.05, 4.69) is 8.14 Å². The molecule has 1 saturated heterocycles. The second kappa shape index (κ2) is 5.93. The molecule has 2 heterocycles. The average Bonchev–Trinajstić information content (AvgIpc) is 2.88. The fourth-order valence-corrected chi connectivity index (χ4v) is 6.20. The van der Waals surface area contributed by atoms with Crippen LogP contribution in [0.2, 0.25) is 0 Å². The molecule has 114 valence electrons. The molecule has 0 saturated carbocycles. The summed E-state index contributed by atoms with van der Waals surface area (Å²) < 4.78 is 55.8. The SMILES string of the molecule is COc1nscc1S(=O)(=O)N=S(C)(=O)N1CCOCC1. The Morgan fingerprint density at radius 2 is 2.05 bits per heavy atom. The van der Waals surface area contributed by atoms with E-state index in [-0.39, 0.29) is 10.8 Å². The van der Waals surface area contributed by atoms with Gasteiger partial charge in [0, 0.05) is 24.7 Å². The summed E-state index contributed by atoms with van der Waals surface area (Å²) in [6, 6.07) is 0. The zero-order valence-corrected chi connectivity index (χ0v) is 13.5. The van der Waals surface area contributed by atoms with Crippen molar-refractivity contribution in [3.63, 3.8) is 0 Å². The standard InChI is InChI=1S/C9H15N3O5S3/c1-16-9-8(7-18-10-9)20(14,15)11-19(2,13)12-3-5-17-6-4-12/h7H,3-6H2,1-2H3. The molecule has 2 rings (SSSR count). The zero-order valence-electron chi connectivity index (χ0n) is 11.0. The summed E-state index contributed by atoms with van der Waals surface area (Å²) in [5.74, 6) is -0.0315. The molecule has 0 spiro atoms. The second-order valence-corrected chi connectivity index (χ2v) is 8.70. The number of nitrogens with zero attached hydrogens (tertiary/aromatic N) is 3. The molecule has 0 aliphatic carbocycles. The lowest BCUT2D eigenvalue weighted by molar-refractivity contribution is 0.0748. The third kappa shape index (κ3) is 3.28. The zero-order chi connectivity index (χ0) is 14.8. The Morgan fingerprint density at radius 3 is 2.65 bits per heavy atom. The third-order valence-electron chi connectivity index (χ3n) is 2.66. The first-order chi connectivity index (χ1) is 9.37. The van der Waals surface area contributed by atoms with E-state index in [1.54, 1.807) is 0 Å². The van der Waals surface area contributed by atoms with Gasteiger partial charge in [0.1, 0.15) is 9.92 Å². The summed E-state index contributed by atoms with van der Waals surface area (Å²) in [5.41, 5.74) is 0. The van der Waals surface area contributed by atoms with Gasteiger partial charge >= 0.3 is 0 Å². The Hall–Kier alpha value is -0.750. The number of rotatable bonds is 4. The fraction of sp³-hybridized carbons (Fsp3) is 0.667. The van der Waals surface area contributed by atoms with Crippen LogP contribution in [0.15, 0.2) is 14.0 Å². The van der Waals surface area contributed by atoms with Gasteiger partial charge in [0.05, 0.1) is 20.3 Å². The molecule has 0 amide bonds. The third-order valence-corrected chi connectivity index (χ3v) is 7.49. The molecule has 1 aromatic rings. The van der Waals surface area contributed by atoms with Crippen LogP contribution in [0.3, 0.4) is 0 Å². The number of methoxy groups -OCH3 is 1. The highest BCUT2D eigenvalue weighted by Crippen LogP contribution is 2.27. The summed E-state index contributed by atoms with van der Waals surface area (Å²) in [7, 11) is -5.79. The van der Waals surface area contributed by atoms with E-state index in [0.717, 1.165) is 11.5 Å². The van der Waals surface area contributed by atoms with Gasteiger partial charge < -0.3 is 9.47 Å². The van der Waals surface area contributed by atoms with Crippen molar-refractivity contribution < 1.29 is 22.1 Å². The normalized spacial score (nSPS) is 20.3. The number of ether oxygens (including phenoxy) is 2. The molecule has 0 radical (unpaired) electrons. The Bertz CT molecular complexity index is 683. The monoisotopic (exact) mass is 341 g/mol. The van der Waals surface area contributed by atoms with Gasteiger partial charge in [-0.15, -0.1) is 0 Å². The van der Waals surface area contributed by atoms with E-state index in [1.165, 1.54) is 23.1 Å². The van der Waals surface area contributed by atoms with Gasteiger partial charge in [-0.25, -0.2) is 8.51 Å². The lowest BCUT2D eigenvalue weighted by Crippen LogP contribution is -2.40. The molecule has 0 bridgehead atoms. The summed E-state index contributed by atoms with van der Waals surface area (Å²) in [4.78, 5) is -0.159. The lowest BCUT2D eigenvalue weighted by Gasteiger charge is -2.26. The van der Waals surface area contributed by atoms with E-state index < -0.39 is 19.9 Å². The van der Waals surface area contributed by atoms with E-state index in [9.17, 15) is 12.6 Å². The predicted molar refractivity (Wildman–Crippen MR) is 74.7 cm³/mol. The van der Waals surface area contributed by atoms with Crippen molar-refractivity contribution in [2.45, 2.75) is 4.90 Å². The van der Waals surface area contributed by atoms with Crippen molar-refractivity contribution in [3.05, 3.63) is 5.38 Å². The summed E-state index contributed by atoms with van der Waals surface area (Å²) in [6.07, 6.45) is 1.31. The number of hydrogen-bond donors (Lipinski definition) is 0. The first kappa shape index (κ1) is 15.6. The molecule has 1 unspecified atom stereocenters. The van der Waals surface area contributed by atoms with Crippen LogP contribution in [0.25, 0.3) is 0 Å².